The van der Waals surface area contributed by atoms with E-state index in [0.717, 1.165) is 37.7 Å². The Morgan fingerprint density at radius 3 is 2.20 bits per heavy atom. The Kier molecular flexibility index (Phi) is 4.22. The molecule has 132 valence electrons. The van der Waals surface area contributed by atoms with Crippen molar-refractivity contribution in [2.24, 2.45) is 5.92 Å². The van der Waals surface area contributed by atoms with E-state index in [1.807, 2.05) is 0 Å². The second-order valence-electron chi connectivity index (χ2n) is 7.19. The van der Waals surface area contributed by atoms with Gasteiger partial charge in [-0.2, -0.15) is 4.39 Å². The summed E-state index contributed by atoms with van der Waals surface area (Å²) in [7, 11) is 0. The van der Waals surface area contributed by atoms with Crippen LogP contribution in [-0.2, 0) is 0 Å². The van der Waals surface area contributed by atoms with Crippen molar-refractivity contribution >= 4 is 21.9 Å². The molecule has 2 aromatic carbocycles. The summed E-state index contributed by atoms with van der Waals surface area (Å²) in [5.74, 6) is -1.55. The molecule has 0 bridgehead atoms. The Labute approximate surface area is 144 Å². The molecule has 3 aromatic rings. The molecule has 1 nitrogen and oxygen atoms in total. The van der Waals surface area contributed by atoms with Crippen LogP contribution in [0.15, 0.2) is 28.7 Å². The van der Waals surface area contributed by atoms with E-state index in [4.69, 9.17) is 4.42 Å². The molecule has 1 heterocycles. The third kappa shape index (κ3) is 2.72. The van der Waals surface area contributed by atoms with Crippen LogP contribution >= 0.6 is 0 Å². The first-order valence-corrected chi connectivity index (χ1v) is 9.08. The molecule has 1 fully saturated rings. The van der Waals surface area contributed by atoms with Gasteiger partial charge < -0.3 is 4.42 Å². The van der Waals surface area contributed by atoms with Gasteiger partial charge in [0.2, 0.25) is 5.82 Å². The van der Waals surface area contributed by atoms with E-state index >= 15 is 4.39 Å². The highest BCUT2D eigenvalue weighted by Crippen LogP contribution is 2.41. The molecule has 0 spiro atoms. The molecule has 0 atom stereocenters. The van der Waals surface area contributed by atoms with Gasteiger partial charge in [-0.1, -0.05) is 25.8 Å². The van der Waals surface area contributed by atoms with E-state index in [0.29, 0.717) is 16.3 Å². The third-order valence-electron chi connectivity index (χ3n) is 5.65. The fourth-order valence-electron chi connectivity index (χ4n) is 4.31. The largest absolute Gasteiger partial charge is 0.450 e. The van der Waals surface area contributed by atoms with Crippen molar-refractivity contribution in [1.82, 2.24) is 0 Å². The van der Waals surface area contributed by atoms with Crippen LogP contribution in [0.4, 0.5) is 13.2 Å². The zero-order valence-electron chi connectivity index (χ0n) is 14.2. The highest BCUT2D eigenvalue weighted by molar-refractivity contribution is 6.05. The molecule has 0 amide bonds. The molecule has 0 N–H and O–H groups in total. The van der Waals surface area contributed by atoms with Gasteiger partial charge in [0.05, 0.1) is 0 Å². The first-order chi connectivity index (χ1) is 12.1. The van der Waals surface area contributed by atoms with E-state index in [2.05, 4.69) is 6.92 Å². The number of fused-ring (bicyclic) bond motifs is 3. The molecule has 1 saturated carbocycles. The van der Waals surface area contributed by atoms with Crippen LogP contribution in [0.1, 0.15) is 56.9 Å². The van der Waals surface area contributed by atoms with E-state index in [1.165, 1.54) is 18.9 Å². The number of hydrogen-bond donors (Lipinski definition) is 0. The number of furan rings is 1. The maximum absolute atomic E-state index is 15.1. The van der Waals surface area contributed by atoms with Gasteiger partial charge in [0.25, 0.3) is 0 Å². The Morgan fingerprint density at radius 2 is 1.52 bits per heavy atom. The van der Waals surface area contributed by atoms with Gasteiger partial charge in [-0.15, -0.1) is 0 Å². The van der Waals surface area contributed by atoms with E-state index < -0.39 is 17.5 Å². The standard InChI is InChI=1S/C21H21F3O/c1-2-3-12-4-6-13(7-5-12)14-8-9-15-16-10-11-17(22)19(24)21(16)25-20(15)18(14)23/h8-13H,2-7H2,1H3. The van der Waals surface area contributed by atoms with E-state index in [-0.39, 0.29) is 17.1 Å². The Morgan fingerprint density at radius 1 is 0.880 bits per heavy atom. The van der Waals surface area contributed by atoms with Gasteiger partial charge in [-0.3, -0.25) is 0 Å². The van der Waals surface area contributed by atoms with Crippen molar-refractivity contribution in [3.05, 3.63) is 47.3 Å². The van der Waals surface area contributed by atoms with Gasteiger partial charge in [0, 0.05) is 10.8 Å². The lowest BCUT2D eigenvalue weighted by Crippen LogP contribution is -2.14. The third-order valence-corrected chi connectivity index (χ3v) is 5.65. The number of benzene rings is 2. The summed E-state index contributed by atoms with van der Waals surface area (Å²) >= 11 is 0. The number of rotatable bonds is 3. The van der Waals surface area contributed by atoms with Crippen molar-refractivity contribution in [2.75, 3.05) is 0 Å². The molecule has 0 unspecified atom stereocenters. The van der Waals surface area contributed by atoms with E-state index in [9.17, 15) is 8.78 Å². The molecular weight excluding hydrogens is 325 g/mol. The molecule has 25 heavy (non-hydrogen) atoms. The van der Waals surface area contributed by atoms with Gasteiger partial charge in [-0.25, -0.2) is 8.78 Å². The lowest BCUT2D eigenvalue weighted by atomic mass is 9.77. The van der Waals surface area contributed by atoms with Gasteiger partial charge >= 0.3 is 0 Å². The predicted molar refractivity (Wildman–Crippen MR) is 93.2 cm³/mol. The maximum atomic E-state index is 15.1. The molecule has 0 aliphatic heterocycles. The molecular formula is C21H21F3O. The zero-order valence-corrected chi connectivity index (χ0v) is 14.2. The molecule has 0 radical (unpaired) electrons. The summed E-state index contributed by atoms with van der Waals surface area (Å²) in [5, 5.41) is 0.904. The van der Waals surface area contributed by atoms with Gasteiger partial charge in [0.15, 0.2) is 22.8 Å². The van der Waals surface area contributed by atoms with Crippen LogP contribution in [0.5, 0.6) is 0 Å². The highest BCUT2D eigenvalue weighted by Gasteiger charge is 2.26. The molecule has 1 aliphatic rings. The van der Waals surface area contributed by atoms with Crippen LogP contribution in [0.25, 0.3) is 21.9 Å². The van der Waals surface area contributed by atoms with Crippen LogP contribution in [0.3, 0.4) is 0 Å². The lowest BCUT2D eigenvalue weighted by molar-refractivity contribution is 0.304. The minimum atomic E-state index is -1.06. The SMILES string of the molecule is CCCC1CCC(c2ccc3c(oc4c(F)c(F)ccc43)c2F)CC1. The maximum Gasteiger partial charge on any atom is 0.201 e. The lowest BCUT2D eigenvalue weighted by Gasteiger charge is -2.28. The van der Waals surface area contributed by atoms with Crippen molar-refractivity contribution in [3.8, 4) is 0 Å². The minimum Gasteiger partial charge on any atom is -0.450 e. The topological polar surface area (TPSA) is 13.1 Å². The zero-order chi connectivity index (χ0) is 17.6. The average Bonchev–Trinajstić information content (AvgIpc) is 3.00. The van der Waals surface area contributed by atoms with Crippen molar-refractivity contribution in [1.29, 1.82) is 0 Å². The number of halogens is 3. The van der Waals surface area contributed by atoms with Gasteiger partial charge in [0.1, 0.15) is 0 Å². The second kappa shape index (κ2) is 6.40. The molecule has 0 saturated heterocycles. The Balaban J connectivity index is 1.73. The fourth-order valence-corrected chi connectivity index (χ4v) is 4.31. The van der Waals surface area contributed by atoms with Crippen molar-refractivity contribution in [3.63, 3.8) is 0 Å². The quantitative estimate of drug-likeness (QED) is 0.494. The second-order valence-corrected chi connectivity index (χ2v) is 7.19. The van der Waals surface area contributed by atoms with Crippen LogP contribution in [0, 0.1) is 23.4 Å². The molecule has 1 aromatic heterocycles. The molecule has 1 aliphatic carbocycles. The summed E-state index contributed by atoms with van der Waals surface area (Å²) in [6, 6.07) is 6.05. The Bertz CT molecular complexity index is 920. The highest BCUT2D eigenvalue weighted by atomic mass is 19.2. The molecule has 4 rings (SSSR count). The van der Waals surface area contributed by atoms with Crippen LogP contribution in [0.2, 0.25) is 0 Å². The Hall–Kier alpha value is -1.97. The van der Waals surface area contributed by atoms with Crippen molar-refractivity contribution < 1.29 is 17.6 Å². The van der Waals surface area contributed by atoms with Crippen LogP contribution < -0.4 is 0 Å². The summed E-state index contributed by atoms with van der Waals surface area (Å²) in [5.41, 5.74) is 0.466. The fraction of sp³-hybridized carbons (Fsp3) is 0.429. The summed E-state index contributed by atoms with van der Waals surface area (Å²) in [6.45, 7) is 2.20. The van der Waals surface area contributed by atoms with Crippen molar-refractivity contribution in [2.45, 2.75) is 51.4 Å². The first-order valence-electron chi connectivity index (χ1n) is 9.08. The molecule has 4 heteroatoms. The normalized spacial score (nSPS) is 21.3. The average molecular weight is 346 g/mol. The van der Waals surface area contributed by atoms with E-state index in [1.54, 1.807) is 12.1 Å². The number of hydrogen-bond acceptors (Lipinski definition) is 1. The first kappa shape index (κ1) is 16.5. The van der Waals surface area contributed by atoms with Crippen LogP contribution in [-0.4, -0.2) is 0 Å². The summed E-state index contributed by atoms with van der Waals surface area (Å²) in [4.78, 5) is 0. The minimum absolute atomic E-state index is 0.0349. The summed E-state index contributed by atoms with van der Waals surface area (Å²) < 4.78 is 47.8. The monoisotopic (exact) mass is 346 g/mol. The smallest absolute Gasteiger partial charge is 0.201 e. The summed E-state index contributed by atoms with van der Waals surface area (Å²) in [6.07, 6.45) is 6.61. The van der Waals surface area contributed by atoms with Gasteiger partial charge in [-0.05, 0) is 61.3 Å². The predicted octanol–water partition coefficient (Wildman–Crippen LogP) is 7.08.